The van der Waals surface area contributed by atoms with Gasteiger partial charge in [-0.1, -0.05) is 42.5 Å². The van der Waals surface area contributed by atoms with Crippen molar-refractivity contribution in [2.75, 3.05) is 7.11 Å². The Balaban J connectivity index is 1.45. The van der Waals surface area contributed by atoms with Crippen LogP contribution in [0.25, 0.3) is 10.8 Å². The molecule has 1 aliphatic heterocycles. The molecule has 1 N–H and O–H groups in total. The van der Waals surface area contributed by atoms with Crippen LogP contribution in [0.3, 0.4) is 0 Å². The number of hydrogen-bond acceptors (Lipinski definition) is 3. The van der Waals surface area contributed by atoms with Gasteiger partial charge in [-0.05, 0) is 59.9 Å². The van der Waals surface area contributed by atoms with E-state index in [1.54, 1.807) is 0 Å². The summed E-state index contributed by atoms with van der Waals surface area (Å²) in [5.74, 6) is 0.862. The van der Waals surface area contributed by atoms with Gasteiger partial charge < -0.3 is 10.1 Å². The van der Waals surface area contributed by atoms with Gasteiger partial charge in [-0.15, -0.1) is 0 Å². The number of esters is 1. The van der Waals surface area contributed by atoms with Crippen molar-refractivity contribution in [2.24, 2.45) is 11.8 Å². The first-order valence-electron chi connectivity index (χ1n) is 8.79. The fraction of sp³-hybridized carbons (Fsp3) is 0.381. The molecule has 1 aliphatic carbocycles. The maximum Gasteiger partial charge on any atom is 0.353 e. The average molecular weight is 321 g/mol. The highest BCUT2D eigenvalue weighted by Crippen LogP contribution is 2.39. The zero-order valence-electron chi connectivity index (χ0n) is 14.0. The topological polar surface area (TPSA) is 38.3 Å². The molecule has 1 heterocycles. The summed E-state index contributed by atoms with van der Waals surface area (Å²) < 4.78 is 4.84. The highest BCUT2D eigenvalue weighted by molar-refractivity contribution is 5.88. The first-order valence-corrected chi connectivity index (χ1v) is 8.79. The maximum absolute atomic E-state index is 11.7. The van der Waals surface area contributed by atoms with Crippen LogP contribution in [0.1, 0.15) is 24.8 Å². The Hall–Kier alpha value is -2.29. The number of hydrogen-bond donors (Lipinski definition) is 1. The van der Waals surface area contributed by atoms with Gasteiger partial charge in [0.05, 0.1) is 7.11 Å². The zero-order valence-corrected chi connectivity index (χ0v) is 14.0. The van der Waals surface area contributed by atoms with Crippen LogP contribution in [0.15, 0.2) is 54.2 Å². The Morgan fingerprint density at radius 2 is 2.00 bits per heavy atom. The normalized spacial score (nSPS) is 25.2. The van der Waals surface area contributed by atoms with Gasteiger partial charge in [-0.3, -0.25) is 0 Å². The van der Waals surface area contributed by atoms with Gasteiger partial charge in [0.25, 0.3) is 0 Å². The van der Waals surface area contributed by atoms with Crippen LogP contribution in [0, 0.1) is 11.8 Å². The van der Waals surface area contributed by atoms with Crippen LogP contribution < -0.4 is 5.32 Å². The number of fused-ring (bicyclic) bond motifs is 2. The Morgan fingerprint density at radius 3 is 2.88 bits per heavy atom. The number of nitrogens with one attached hydrogen (secondary N) is 1. The Kier molecular flexibility index (Phi) is 4.01. The van der Waals surface area contributed by atoms with Crippen LogP contribution in [0.2, 0.25) is 0 Å². The zero-order chi connectivity index (χ0) is 16.5. The summed E-state index contributed by atoms with van der Waals surface area (Å²) >= 11 is 0. The summed E-state index contributed by atoms with van der Waals surface area (Å²) in [4.78, 5) is 11.7. The minimum absolute atomic E-state index is 0.239. The number of carbonyl (C=O) groups excluding carboxylic acids is 1. The SMILES string of the molecule is COC(=O)C1=CC2CCC(CCc3cccc4ccccc34)C2N1. The number of benzene rings is 2. The molecule has 0 aromatic heterocycles. The van der Waals surface area contributed by atoms with Crippen LogP contribution in [0.5, 0.6) is 0 Å². The molecule has 24 heavy (non-hydrogen) atoms. The standard InChI is InChI=1S/C21H23NO2/c1-24-21(23)19-13-17-12-11-16(20(17)22-19)10-9-15-7-4-6-14-5-2-3-8-18(14)15/h2-8,13,16-17,20,22H,9-12H2,1H3. The molecule has 3 atom stereocenters. The van der Waals surface area contributed by atoms with Crippen molar-refractivity contribution in [3.05, 3.63) is 59.8 Å². The first kappa shape index (κ1) is 15.3. The molecule has 0 amide bonds. The van der Waals surface area contributed by atoms with E-state index in [9.17, 15) is 4.79 Å². The van der Waals surface area contributed by atoms with E-state index >= 15 is 0 Å². The van der Waals surface area contributed by atoms with Gasteiger partial charge in [-0.25, -0.2) is 4.79 Å². The lowest BCUT2D eigenvalue weighted by molar-refractivity contribution is -0.136. The minimum atomic E-state index is -0.239. The molecule has 0 radical (unpaired) electrons. The molecule has 4 rings (SSSR count). The molecule has 3 nitrogen and oxygen atoms in total. The molecule has 2 aliphatic rings. The third kappa shape index (κ3) is 2.68. The summed E-state index contributed by atoms with van der Waals surface area (Å²) in [6.07, 6.45) is 6.72. The molecule has 3 heteroatoms. The molecule has 1 saturated carbocycles. The molecule has 0 spiro atoms. The lowest BCUT2D eigenvalue weighted by Crippen LogP contribution is -2.33. The molecule has 1 fully saturated rings. The highest BCUT2D eigenvalue weighted by Gasteiger charge is 2.40. The van der Waals surface area contributed by atoms with Crippen LogP contribution >= 0.6 is 0 Å². The monoisotopic (exact) mass is 321 g/mol. The average Bonchev–Trinajstić information content (AvgIpc) is 3.20. The van der Waals surface area contributed by atoms with Crippen LogP contribution in [-0.4, -0.2) is 19.1 Å². The molecule has 0 saturated heterocycles. The number of methoxy groups -OCH3 is 1. The molecular weight excluding hydrogens is 298 g/mol. The van der Waals surface area contributed by atoms with E-state index in [2.05, 4.69) is 53.9 Å². The van der Waals surface area contributed by atoms with Gasteiger partial charge in [0.2, 0.25) is 0 Å². The van der Waals surface area contributed by atoms with E-state index in [0.717, 1.165) is 12.8 Å². The van der Waals surface area contributed by atoms with E-state index < -0.39 is 0 Å². The highest BCUT2D eigenvalue weighted by atomic mass is 16.5. The summed E-state index contributed by atoms with van der Waals surface area (Å²) in [6.45, 7) is 0. The Bertz CT molecular complexity index is 790. The van der Waals surface area contributed by atoms with E-state index in [1.165, 1.54) is 36.3 Å². The van der Waals surface area contributed by atoms with Crippen molar-refractivity contribution in [3.8, 4) is 0 Å². The summed E-state index contributed by atoms with van der Waals surface area (Å²) in [5.41, 5.74) is 2.08. The predicted octanol–water partition coefficient (Wildman–Crippen LogP) is 3.83. The van der Waals surface area contributed by atoms with Crippen molar-refractivity contribution in [1.29, 1.82) is 0 Å². The molecule has 2 aromatic rings. The molecule has 3 unspecified atom stereocenters. The first-order chi connectivity index (χ1) is 11.8. The Morgan fingerprint density at radius 1 is 1.17 bits per heavy atom. The van der Waals surface area contributed by atoms with Gasteiger partial charge in [0.15, 0.2) is 0 Å². The smallest absolute Gasteiger partial charge is 0.353 e. The number of ether oxygens (including phenoxy) is 1. The molecule has 2 aromatic carbocycles. The molecule has 0 bridgehead atoms. The maximum atomic E-state index is 11.7. The molecular formula is C21H23NO2. The van der Waals surface area contributed by atoms with Gasteiger partial charge in [0.1, 0.15) is 5.70 Å². The number of carbonyl (C=O) groups is 1. The van der Waals surface area contributed by atoms with E-state index in [0.29, 0.717) is 23.6 Å². The second kappa shape index (κ2) is 6.31. The van der Waals surface area contributed by atoms with E-state index in [-0.39, 0.29) is 5.97 Å². The van der Waals surface area contributed by atoms with E-state index in [1.807, 2.05) is 0 Å². The lowest BCUT2D eigenvalue weighted by atomic mass is 9.92. The lowest BCUT2D eigenvalue weighted by Gasteiger charge is -2.21. The minimum Gasteiger partial charge on any atom is -0.464 e. The van der Waals surface area contributed by atoms with Gasteiger partial charge >= 0.3 is 5.97 Å². The quantitative estimate of drug-likeness (QED) is 0.870. The number of rotatable bonds is 4. The largest absolute Gasteiger partial charge is 0.464 e. The number of aryl methyl sites for hydroxylation is 1. The third-order valence-electron chi connectivity index (χ3n) is 5.61. The van der Waals surface area contributed by atoms with Crippen molar-refractivity contribution in [2.45, 2.75) is 31.7 Å². The van der Waals surface area contributed by atoms with Crippen molar-refractivity contribution in [3.63, 3.8) is 0 Å². The van der Waals surface area contributed by atoms with Crippen LogP contribution in [0.4, 0.5) is 0 Å². The van der Waals surface area contributed by atoms with Crippen molar-refractivity contribution in [1.82, 2.24) is 5.32 Å². The molecule has 124 valence electrons. The third-order valence-corrected chi connectivity index (χ3v) is 5.61. The second-order valence-electron chi connectivity index (χ2n) is 6.92. The second-order valence-corrected chi connectivity index (χ2v) is 6.92. The van der Waals surface area contributed by atoms with Gasteiger partial charge in [-0.2, -0.15) is 0 Å². The summed E-state index contributed by atoms with van der Waals surface area (Å²) in [5, 5.41) is 6.09. The predicted molar refractivity (Wildman–Crippen MR) is 95.5 cm³/mol. The Labute approximate surface area is 142 Å². The summed E-state index contributed by atoms with van der Waals surface area (Å²) in [7, 11) is 1.44. The fourth-order valence-electron chi connectivity index (χ4n) is 4.38. The van der Waals surface area contributed by atoms with Gasteiger partial charge in [0, 0.05) is 6.04 Å². The van der Waals surface area contributed by atoms with E-state index in [4.69, 9.17) is 4.74 Å². The summed E-state index contributed by atoms with van der Waals surface area (Å²) in [6, 6.07) is 15.6. The van der Waals surface area contributed by atoms with Crippen molar-refractivity contribution >= 4 is 16.7 Å². The fourth-order valence-corrected chi connectivity index (χ4v) is 4.38. The van der Waals surface area contributed by atoms with Crippen LogP contribution in [-0.2, 0) is 16.0 Å². The van der Waals surface area contributed by atoms with Crippen molar-refractivity contribution < 1.29 is 9.53 Å².